The number of nitrogens with zero attached hydrogens (tertiary/aromatic N) is 7. The molecule has 0 aliphatic carbocycles. The Morgan fingerprint density at radius 1 is 1.07 bits per heavy atom. The summed E-state index contributed by atoms with van der Waals surface area (Å²) in [5.41, 5.74) is 2.75. The molecule has 4 aromatic heterocycles. The molecule has 0 fully saturated rings. The molecule has 0 saturated heterocycles. The summed E-state index contributed by atoms with van der Waals surface area (Å²) in [5.74, 6) is -2.47. The monoisotopic (exact) mass is 581 g/mol. The van der Waals surface area contributed by atoms with Gasteiger partial charge in [-0.2, -0.15) is 14.5 Å². The maximum Gasteiger partial charge on any atom is 0.505 e. The van der Waals surface area contributed by atoms with Crippen LogP contribution in [0.1, 0.15) is 13.8 Å². The molecule has 0 spiro atoms. The molecule has 0 saturated carbocycles. The number of aromatic nitrogens is 5. The average molecular weight is 582 g/mol. The lowest BCUT2D eigenvalue weighted by Gasteiger charge is -2.24. The molecule has 0 bridgehead atoms. The van der Waals surface area contributed by atoms with Crippen molar-refractivity contribution < 1.29 is 28.1 Å². The molecule has 1 unspecified atom stereocenters. The van der Waals surface area contributed by atoms with E-state index >= 15 is 0 Å². The number of hydrogen-bond acceptors (Lipinski definition) is 7. The van der Waals surface area contributed by atoms with Gasteiger partial charge in [-0.3, -0.25) is 4.79 Å². The van der Waals surface area contributed by atoms with E-state index in [0.29, 0.717) is 11.4 Å². The number of imide groups is 1. The number of ether oxygens (including phenoxy) is 1. The minimum absolute atomic E-state index is 0.163. The van der Waals surface area contributed by atoms with Crippen LogP contribution in [0.4, 0.5) is 20.6 Å². The molecule has 216 valence electrons. The van der Waals surface area contributed by atoms with Crippen molar-refractivity contribution in [3.63, 3.8) is 0 Å². The lowest BCUT2D eigenvalue weighted by Crippen LogP contribution is -2.55. The van der Waals surface area contributed by atoms with E-state index < -0.39 is 29.6 Å². The summed E-state index contributed by atoms with van der Waals surface area (Å²) in [5, 5.41) is 7.01. The number of pyridine rings is 2. The van der Waals surface area contributed by atoms with Crippen LogP contribution in [0.2, 0.25) is 0 Å². The van der Waals surface area contributed by atoms with Crippen LogP contribution in [0.15, 0.2) is 79.6 Å². The Hall–Kier alpha value is -5.72. The second-order valence-electron chi connectivity index (χ2n) is 10.2. The summed E-state index contributed by atoms with van der Waals surface area (Å²) < 4.78 is 24.4. The van der Waals surface area contributed by atoms with E-state index in [9.17, 15) is 18.8 Å². The van der Waals surface area contributed by atoms with Gasteiger partial charge in [-0.1, -0.05) is 0 Å². The van der Waals surface area contributed by atoms with E-state index in [1.807, 2.05) is 36.1 Å². The molecule has 1 atom stereocenters. The lowest BCUT2D eigenvalue weighted by atomic mass is 10.0. The number of carbonyl (C=O) groups excluding carboxylic acids is 3. The fraction of sp³-hybridized carbons (Fsp3) is 0.167. The molecule has 12 nitrogen and oxygen atoms in total. The second kappa shape index (κ2) is 10.9. The van der Waals surface area contributed by atoms with Gasteiger partial charge >= 0.3 is 11.9 Å². The van der Waals surface area contributed by atoms with Crippen LogP contribution >= 0.6 is 0 Å². The molecular formula is C30H26FN8O4+. The number of nitrogens with one attached hydrogen (secondary N) is 1. The summed E-state index contributed by atoms with van der Waals surface area (Å²) in [6.07, 6.45) is 9.81. The average Bonchev–Trinajstić information content (AvgIpc) is 3.64. The number of fused-ring (bicyclic) bond motifs is 1. The van der Waals surface area contributed by atoms with Gasteiger partial charge in [0, 0.05) is 31.1 Å². The first-order chi connectivity index (χ1) is 20.7. The summed E-state index contributed by atoms with van der Waals surface area (Å²) >= 11 is 0. The third kappa shape index (κ3) is 5.35. The number of carbonyl (C=O) groups is 3. The Balaban J connectivity index is 1.22. The Morgan fingerprint density at radius 2 is 1.86 bits per heavy atom. The Bertz CT molecular complexity index is 1890. The minimum atomic E-state index is -1.31. The van der Waals surface area contributed by atoms with Crippen LogP contribution in [0.5, 0.6) is 11.6 Å². The van der Waals surface area contributed by atoms with Gasteiger partial charge < -0.3 is 14.6 Å². The molecule has 13 heteroatoms. The predicted molar refractivity (Wildman–Crippen MR) is 155 cm³/mol. The van der Waals surface area contributed by atoms with E-state index in [-0.39, 0.29) is 17.6 Å². The quantitative estimate of drug-likeness (QED) is 0.225. The van der Waals surface area contributed by atoms with Gasteiger partial charge in [0.05, 0.1) is 42.4 Å². The molecule has 1 aliphatic heterocycles. The molecule has 0 radical (unpaired) electrons. The Labute approximate surface area is 244 Å². The molecule has 1 aromatic carbocycles. The van der Waals surface area contributed by atoms with Crippen LogP contribution in [-0.4, -0.2) is 58.8 Å². The van der Waals surface area contributed by atoms with Crippen molar-refractivity contribution in [3.05, 3.63) is 85.5 Å². The summed E-state index contributed by atoms with van der Waals surface area (Å²) in [6.45, 7) is 3.52. The number of rotatable bonds is 7. The van der Waals surface area contributed by atoms with Crippen LogP contribution in [0.3, 0.4) is 0 Å². The van der Waals surface area contributed by atoms with Gasteiger partial charge in [0.1, 0.15) is 17.0 Å². The van der Waals surface area contributed by atoms with E-state index in [1.165, 1.54) is 29.1 Å². The number of amides is 4. The van der Waals surface area contributed by atoms with Crippen molar-refractivity contribution in [1.29, 1.82) is 0 Å². The van der Waals surface area contributed by atoms with Gasteiger partial charge in [-0.15, -0.1) is 4.90 Å². The Kier molecular flexibility index (Phi) is 6.98. The maximum atomic E-state index is 13.5. The lowest BCUT2D eigenvalue weighted by molar-refractivity contribution is -0.459. The second-order valence-corrected chi connectivity index (χ2v) is 10.2. The van der Waals surface area contributed by atoms with Gasteiger partial charge in [0.15, 0.2) is 11.7 Å². The first-order valence-corrected chi connectivity index (χ1v) is 13.4. The smallest absolute Gasteiger partial charge is 0.437 e. The van der Waals surface area contributed by atoms with Gasteiger partial charge in [-0.05, 0) is 56.3 Å². The summed E-state index contributed by atoms with van der Waals surface area (Å²) in [6, 6.07) is 10.8. The number of halogens is 1. The zero-order valence-corrected chi connectivity index (χ0v) is 23.4. The highest BCUT2D eigenvalue weighted by Crippen LogP contribution is 2.30. The third-order valence-electron chi connectivity index (χ3n) is 6.82. The van der Waals surface area contributed by atoms with Gasteiger partial charge in [0.2, 0.25) is 11.8 Å². The minimum Gasteiger partial charge on any atom is -0.437 e. The zero-order valence-electron chi connectivity index (χ0n) is 23.4. The topological polar surface area (TPSA) is 127 Å². The number of benzene rings is 1. The molecular weight excluding hydrogens is 555 g/mol. The van der Waals surface area contributed by atoms with Crippen molar-refractivity contribution in [3.8, 4) is 22.9 Å². The van der Waals surface area contributed by atoms with E-state index in [4.69, 9.17) is 4.74 Å². The first kappa shape index (κ1) is 27.4. The molecule has 6 rings (SSSR count). The van der Waals surface area contributed by atoms with E-state index in [1.54, 1.807) is 43.0 Å². The molecule has 5 aromatic rings. The number of hydrogen-bond donors (Lipinski definition) is 1. The van der Waals surface area contributed by atoms with Crippen molar-refractivity contribution in [1.82, 2.24) is 24.1 Å². The third-order valence-corrected chi connectivity index (χ3v) is 6.82. The number of urea groups is 1. The molecule has 1 N–H and O–H groups in total. The van der Waals surface area contributed by atoms with Crippen molar-refractivity contribution in [2.24, 2.45) is 13.0 Å². The largest absolute Gasteiger partial charge is 0.505 e. The van der Waals surface area contributed by atoms with Crippen molar-refractivity contribution >= 4 is 41.0 Å². The summed E-state index contributed by atoms with van der Waals surface area (Å²) in [4.78, 5) is 49.3. The van der Waals surface area contributed by atoms with Gasteiger partial charge in [0.25, 0.3) is 0 Å². The molecule has 43 heavy (non-hydrogen) atoms. The van der Waals surface area contributed by atoms with Crippen LogP contribution in [0, 0.1) is 11.7 Å². The van der Waals surface area contributed by atoms with E-state index in [0.717, 1.165) is 33.8 Å². The predicted octanol–water partition coefficient (Wildman–Crippen LogP) is 4.27. The fourth-order valence-electron chi connectivity index (χ4n) is 4.67. The molecule has 1 aliphatic rings. The first-order valence-electron chi connectivity index (χ1n) is 13.4. The normalized spacial score (nSPS) is 15.2. The number of anilines is 2. The molecule has 4 amide bonds. The summed E-state index contributed by atoms with van der Waals surface area (Å²) in [7, 11) is 1.88. The highest BCUT2D eigenvalue weighted by molar-refractivity contribution is 6.28. The van der Waals surface area contributed by atoms with Crippen molar-refractivity contribution in [2.45, 2.75) is 19.9 Å². The number of imidazole rings is 1. The zero-order chi connectivity index (χ0) is 30.2. The van der Waals surface area contributed by atoms with Crippen LogP contribution in [0.25, 0.3) is 16.8 Å². The van der Waals surface area contributed by atoms with Crippen molar-refractivity contribution in [2.75, 3.05) is 10.2 Å². The highest BCUT2D eigenvalue weighted by Gasteiger charge is 2.48. The SMILES string of the molecule is CC(C)[N+]1=CC(C(=O)Nc2ccc(Oc3cc(-c4cn(C)cn4)cn4nccc34)nc2)C(=O)N(c2ccc(F)cc2)C1=O. The highest BCUT2D eigenvalue weighted by atomic mass is 19.1. The Morgan fingerprint density at radius 3 is 2.53 bits per heavy atom. The van der Waals surface area contributed by atoms with Crippen LogP contribution in [-0.2, 0) is 16.6 Å². The fourth-order valence-corrected chi connectivity index (χ4v) is 4.67. The van der Waals surface area contributed by atoms with Crippen LogP contribution < -0.4 is 15.0 Å². The number of aryl methyl sites for hydroxylation is 1. The van der Waals surface area contributed by atoms with Gasteiger partial charge in [-0.25, -0.2) is 23.7 Å². The molecule has 5 heterocycles. The maximum absolute atomic E-state index is 13.5. The standard InChI is InChI=1S/C30H25FN8O4/c1-18(2)37-15-23(29(41)39(30(37)42)22-7-4-20(31)5-8-22)28(40)35-21-6-9-27(32-13-21)43-26-12-19(24-16-36(3)17-33-24)14-38-25(26)10-11-34-38/h4-18,23H,1-3H3/p+1. The van der Waals surface area contributed by atoms with E-state index in [2.05, 4.69) is 20.4 Å².